The van der Waals surface area contributed by atoms with E-state index < -0.39 is 0 Å². The molecular formula is C21H32N4O2. The number of aliphatic imine (C=N–C) groups is 1. The maximum Gasteiger partial charge on any atom is 0.243 e. The van der Waals surface area contributed by atoms with E-state index in [1.165, 1.54) is 24.8 Å². The number of rotatable bonds is 7. The molecule has 148 valence electrons. The fourth-order valence-electron chi connectivity index (χ4n) is 3.66. The minimum Gasteiger partial charge on any atom is -0.381 e. The lowest BCUT2D eigenvalue weighted by atomic mass is 9.64. The van der Waals surface area contributed by atoms with Crippen LogP contribution in [0, 0.1) is 5.92 Å². The molecule has 1 aliphatic carbocycles. The van der Waals surface area contributed by atoms with Crippen LogP contribution in [-0.4, -0.2) is 63.7 Å². The normalized spacial score (nSPS) is 21.4. The number of nitrogens with one attached hydrogen (secondary N) is 2. The van der Waals surface area contributed by atoms with E-state index >= 15 is 0 Å². The standard InChI is InChI=1S/C21H32N4O2/c1-25(2)19(26)14-23-20(22-13-17-9-12-27-15-17)24-16-21(10-6-11-21)18-7-4-3-5-8-18/h3-5,7-8,17H,6,9-16H2,1-2H3,(H2,22,23,24). The van der Waals surface area contributed by atoms with E-state index in [2.05, 4.69) is 46.0 Å². The smallest absolute Gasteiger partial charge is 0.243 e. The van der Waals surface area contributed by atoms with Gasteiger partial charge in [-0.05, 0) is 24.8 Å². The Hall–Kier alpha value is -2.08. The Balaban J connectivity index is 1.62. The number of ether oxygens (including phenoxy) is 1. The molecule has 3 rings (SSSR count). The predicted octanol–water partition coefficient (Wildman–Crippen LogP) is 1.77. The summed E-state index contributed by atoms with van der Waals surface area (Å²) in [4.78, 5) is 18.0. The first-order chi connectivity index (χ1) is 13.1. The third kappa shape index (κ3) is 5.22. The molecule has 1 heterocycles. The zero-order chi connectivity index (χ0) is 19.1. The first kappa shape index (κ1) is 19.7. The van der Waals surface area contributed by atoms with Crippen molar-refractivity contribution in [3.05, 3.63) is 35.9 Å². The number of benzene rings is 1. The Labute approximate surface area is 162 Å². The lowest BCUT2D eigenvalue weighted by molar-refractivity contribution is -0.127. The topological polar surface area (TPSA) is 66.0 Å². The Morgan fingerprint density at radius 2 is 2.04 bits per heavy atom. The van der Waals surface area contributed by atoms with Gasteiger partial charge in [0.1, 0.15) is 6.54 Å². The number of carbonyl (C=O) groups excluding carboxylic acids is 1. The van der Waals surface area contributed by atoms with Gasteiger partial charge in [0.2, 0.25) is 5.91 Å². The molecule has 0 aromatic heterocycles. The molecule has 27 heavy (non-hydrogen) atoms. The molecule has 6 heteroatoms. The summed E-state index contributed by atoms with van der Waals surface area (Å²) in [5.41, 5.74) is 1.56. The predicted molar refractivity (Wildman–Crippen MR) is 108 cm³/mol. The van der Waals surface area contributed by atoms with Crippen LogP contribution in [0.25, 0.3) is 0 Å². The summed E-state index contributed by atoms with van der Waals surface area (Å²) in [6.07, 6.45) is 4.70. The average molecular weight is 373 g/mol. The highest BCUT2D eigenvalue weighted by molar-refractivity contribution is 5.84. The van der Waals surface area contributed by atoms with Gasteiger partial charge in [-0.15, -0.1) is 0 Å². The molecule has 2 aliphatic rings. The van der Waals surface area contributed by atoms with Crippen molar-refractivity contribution in [1.82, 2.24) is 15.5 Å². The maximum absolute atomic E-state index is 11.9. The van der Waals surface area contributed by atoms with Gasteiger partial charge in [-0.2, -0.15) is 0 Å². The van der Waals surface area contributed by atoms with E-state index in [0.717, 1.165) is 38.7 Å². The number of hydrogen-bond donors (Lipinski definition) is 2. The maximum atomic E-state index is 11.9. The van der Waals surface area contributed by atoms with Crippen LogP contribution in [-0.2, 0) is 14.9 Å². The minimum atomic E-state index is 0.00159. The highest BCUT2D eigenvalue weighted by atomic mass is 16.5. The molecule has 0 radical (unpaired) electrons. The number of nitrogens with zero attached hydrogens (tertiary/aromatic N) is 2. The molecule has 0 bridgehead atoms. The number of amides is 1. The van der Waals surface area contributed by atoms with Crippen molar-refractivity contribution in [2.45, 2.75) is 31.1 Å². The Morgan fingerprint density at radius 1 is 1.26 bits per heavy atom. The molecule has 2 fully saturated rings. The van der Waals surface area contributed by atoms with Gasteiger partial charge < -0.3 is 20.3 Å². The summed E-state index contributed by atoms with van der Waals surface area (Å²) < 4.78 is 5.46. The third-order valence-electron chi connectivity index (χ3n) is 5.74. The Bertz CT molecular complexity index is 635. The lowest BCUT2D eigenvalue weighted by Crippen LogP contribution is -2.49. The molecule has 2 N–H and O–H groups in total. The fraction of sp³-hybridized carbons (Fsp3) is 0.619. The molecule has 0 spiro atoms. The van der Waals surface area contributed by atoms with Crippen LogP contribution in [0.4, 0.5) is 0 Å². The molecule has 1 saturated heterocycles. The molecule has 1 aromatic rings. The summed E-state index contributed by atoms with van der Waals surface area (Å²) in [7, 11) is 3.51. The lowest BCUT2D eigenvalue weighted by Gasteiger charge is -2.43. The summed E-state index contributed by atoms with van der Waals surface area (Å²) in [5.74, 6) is 1.23. The second-order valence-corrected chi connectivity index (χ2v) is 7.92. The molecule has 1 saturated carbocycles. The van der Waals surface area contributed by atoms with E-state index in [9.17, 15) is 4.79 Å². The number of likely N-dealkylation sites (N-methyl/N-ethyl adjacent to an activating group) is 1. The molecule has 1 amide bonds. The van der Waals surface area contributed by atoms with Crippen molar-refractivity contribution < 1.29 is 9.53 Å². The molecule has 1 unspecified atom stereocenters. The van der Waals surface area contributed by atoms with E-state index in [0.29, 0.717) is 5.92 Å². The molecule has 1 atom stereocenters. The van der Waals surface area contributed by atoms with Crippen molar-refractivity contribution in [3.63, 3.8) is 0 Å². The number of carbonyl (C=O) groups is 1. The van der Waals surface area contributed by atoms with Crippen LogP contribution < -0.4 is 10.6 Å². The van der Waals surface area contributed by atoms with Gasteiger partial charge >= 0.3 is 0 Å². The van der Waals surface area contributed by atoms with E-state index in [-0.39, 0.29) is 17.9 Å². The van der Waals surface area contributed by atoms with Crippen LogP contribution in [0.1, 0.15) is 31.2 Å². The SMILES string of the molecule is CN(C)C(=O)CN=C(NCC1CCOC1)NCC1(c2ccccc2)CCC1. The number of guanidine groups is 1. The quantitative estimate of drug-likeness (QED) is 0.566. The van der Waals surface area contributed by atoms with Gasteiger partial charge in [0.05, 0.1) is 6.61 Å². The molecule has 6 nitrogen and oxygen atoms in total. The van der Waals surface area contributed by atoms with E-state index in [1.54, 1.807) is 19.0 Å². The van der Waals surface area contributed by atoms with Gasteiger partial charge in [0.25, 0.3) is 0 Å². The van der Waals surface area contributed by atoms with Crippen LogP contribution in [0.3, 0.4) is 0 Å². The Morgan fingerprint density at radius 3 is 2.63 bits per heavy atom. The van der Waals surface area contributed by atoms with Crippen LogP contribution in [0.2, 0.25) is 0 Å². The van der Waals surface area contributed by atoms with Crippen molar-refractivity contribution in [2.75, 3.05) is 46.9 Å². The average Bonchev–Trinajstić information content (AvgIpc) is 3.16. The summed E-state index contributed by atoms with van der Waals surface area (Å²) >= 11 is 0. The second kappa shape index (κ2) is 9.22. The van der Waals surface area contributed by atoms with Gasteiger partial charge in [0.15, 0.2) is 5.96 Å². The highest BCUT2D eigenvalue weighted by Crippen LogP contribution is 2.43. The second-order valence-electron chi connectivity index (χ2n) is 7.92. The van der Waals surface area contributed by atoms with Crippen LogP contribution in [0.5, 0.6) is 0 Å². The van der Waals surface area contributed by atoms with Crippen LogP contribution >= 0.6 is 0 Å². The van der Waals surface area contributed by atoms with Gasteiger partial charge in [-0.3, -0.25) is 4.79 Å². The fourth-order valence-corrected chi connectivity index (χ4v) is 3.66. The minimum absolute atomic E-state index is 0.00159. The summed E-state index contributed by atoms with van der Waals surface area (Å²) in [6, 6.07) is 10.7. The van der Waals surface area contributed by atoms with Gasteiger partial charge in [-0.25, -0.2) is 4.99 Å². The molecule has 1 aliphatic heterocycles. The van der Waals surface area contributed by atoms with Crippen molar-refractivity contribution >= 4 is 11.9 Å². The summed E-state index contributed by atoms with van der Waals surface area (Å²) in [6.45, 7) is 3.44. The van der Waals surface area contributed by atoms with Gasteiger partial charge in [0, 0.05) is 45.1 Å². The summed E-state index contributed by atoms with van der Waals surface area (Å²) in [5, 5.41) is 6.92. The first-order valence-electron chi connectivity index (χ1n) is 9.95. The zero-order valence-corrected chi connectivity index (χ0v) is 16.5. The largest absolute Gasteiger partial charge is 0.381 e. The molecule has 1 aromatic carbocycles. The molecular weight excluding hydrogens is 340 g/mol. The van der Waals surface area contributed by atoms with Gasteiger partial charge in [-0.1, -0.05) is 36.8 Å². The zero-order valence-electron chi connectivity index (χ0n) is 16.5. The highest BCUT2D eigenvalue weighted by Gasteiger charge is 2.38. The van der Waals surface area contributed by atoms with Crippen molar-refractivity contribution in [1.29, 1.82) is 0 Å². The third-order valence-corrected chi connectivity index (χ3v) is 5.74. The Kier molecular flexibility index (Phi) is 6.72. The first-order valence-corrected chi connectivity index (χ1v) is 9.95. The number of hydrogen-bond acceptors (Lipinski definition) is 3. The monoisotopic (exact) mass is 372 g/mol. The van der Waals surface area contributed by atoms with E-state index in [4.69, 9.17) is 4.74 Å². The van der Waals surface area contributed by atoms with Crippen molar-refractivity contribution in [2.24, 2.45) is 10.9 Å². The van der Waals surface area contributed by atoms with E-state index in [1.807, 2.05) is 0 Å². The van der Waals surface area contributed by atoms with Crippen LogP contribution in [0.15, 0.2) is 35.3 Å². The van der Waals surface area contributed by atoms with Crippen molar-refractivity contribution in [3.8, 4) is 0 Å².